The molecule has 2 atom stereocenters. The molecule has 1 saturated heterocycles. The van der Waals surface area contributed by atoms with Crippen LogP contribution < -0.4 is 5.32 Å². The van der Waals surface area contributed by atoms with Gasteiger partial charge in [0.1, 0.15) is 5.54 Å². The second-order valence-electron chi connectivity index (χ2n) is 6.23. The summed E-state index contributed by atoms with van der Waals surface area (Å²) in [5, 5.41) is 3.35. The Balaban J connectivity index is 2.43. The number of hydrogen-bond donors (Lipinski definition) is 1. The van der Waals surface area contributed by atoms with E-state index in [0.717, 1.165) is 32.4 Å². The third-order valence-electron chi connectivity index (χ3n) is 4.46. The van der Waals surface area contributed by atoms with Crippen LogP contribution in [-0.2, 0) is 9.53 Å². The lowest BCUT2D eigenvalue weighted by Crippen LogP contribution is -2.51. The molecule has 1 aliphatic rings. The van der Waals surface area contributed by atoms with Crippen LogP contribution in [0.4, 0.5) is 0 Å². The van der Waals surface area contributed by atoms with Crippen LogP contribution in [0.3, 0.4) is 0 Å². The first kappa shape index (κ1) is 17.4. The number of carbonyl (C=O) groups excluding carboxylic acids is 1. The van der Waals surface area contributed by atoms with Gasteiger partial charge in [0.15, 0.2) is 0 Å². The van der Waals surface area contributed by atoms with Crippen LogP contribution in [0.15, 0.2) is 0 Å². The van der Waals surface area contributed by atoms with Gasteiger partial charge in [0, 0.05) is 6.04 Å². The Hall–Kier alpha value is -0.610. The molecule has 1 aliphatic heterocycles. The van der Waals surface area contributed by atoms with E-state index in [2.05, 4.69) is 24.1 Å². The number of nitrogens with zero attached hydrogens (tertiary/aromatic N) is 1. The maximum atomic E-state index is 12.0. The fourth-order valence-corrected chi connectivity index (χ4v) is 3.01. The van der Waals surface area contributed by atoms with Crippen molar-refractivity contribution in [3.05, 3.63) is 0 Å². The quantitative estimate of drug-likeness (QED) is 0.696. The highest BCUT2D eigenvalue weighted by Gasteiger charge is 2.33. The molecule has 0 aromatic heterocycles. The molecule has 1 fully saturated rings. The second-order valence-corrected chi connectivity index (χ2v) is 6.23. The maximum Gasteiger partial charge on any atom is 0.325 e. The second kappa shape index (κ2) is 8.63. The fraction of sp³-hybridized carbons (Fsp3) is 0.938. The predicted molar refractivity (Wildman–Crippen MR) is 82.8 cm³/mol. The molecule has 0 aromatic carbocycles. The number of nitrogens with one attached hydrogen (secondary N) is 1. The van der Waals surface area contributed by atoms with Crippen LogP contribution in [0.5, 0.6) is 0 Å². The van der Waals surface area contributed by atoms with Crippen LogP contribution in [-0.4, -0.2) is 49.2 Å². The molecule has 0 saturated carbocycles. The molecule has 0 spiro atoms. The van der Waals surface area contributed by atoms with E-state index in [4.69, 9.17) is 4.74 Å². The number of ether oxygens (including phenoxy) is 1. The lowest BCUT2D eigenvalue weighted by Gasteiger charge is -2.34. The topological polar surface area (TPSA) is 41.6 Å². The molecular weight excluding hydrogens is 252 g/mol. The minimum atomic E-state index is -0.538. The first-order chi connectivity index (χ1) is 9.53. The zero-order valence-electron chi connectivity index (χ0n) is 13.7. The first-order valence-electron chi connectivity index (χ1n) is 8.11. The molecule has 0 radical (unpaired) electrons. The van der Waals surface area contributed by atoms with Crippen molar-refractivity contribution in [2.45, 2.75) is 70.9 Å². The molecule has 4 heteroatoms. The SMILES string of the molecule is CCCNC(C)(CCCN1CCCCC1C)C(=O)OC. The Morgan fingerprint density at radius 1 is 1.45 bits per heavy atom. The number of piperidine rings is 1. The van der Waals surface area contributed by atoms with Gasteiger partial charge in [0.25, 0.3) is 0 Å². The van der Waals surface area contributed by atoms with E-state index in [9.17, 15) is 4.79 Å². The third-order valence-corrected chi connectivity index (χ3v) is 4.46. The first-order valence-corrected chi connectivity index (χ1v) is 8.11. The van der Waals surface area contributed by atoms with Crippen molar-refractivity contribution in [1.82, 2.24) is 10.2 Å². The van der Waals surface area contributed by atoms with Gasteiger partial charge >= 0.3 is 5.97 Å². The summed E-state index contributed by atoms with van der Waals surface area (Å²) >= 11 is 0. The number of likely N-dealkylation sites (tertiary alicyclic amines) is 1. The van der Waals surface area contributed by atoms with Crippen molar-refractivity contribution in [3.8, 4) is 0 Å². The molecule has 0 bridgehead atoms. The van der Waals surface area contributed by atoms with E-state index in [0.29, 0.717) is 6.04 Å². The van der Waals surface area contributed by atoms with Crippen LogP contribution in [0.1, 0.15) is 59.3 Å². The van der Waals surface area contributed by atoms with Crippen molar-refractivity contribution in [2.75, 3.05) is 26.7 Å². The number of methoxy groups -OCH3 is 1. The van der Waals surface area contributed by atoms with Gasteiger partial charge in [-0.3, -0.25) is 4.79 Å². The summed E-state index contributed by atoms with van der Waals surface area (Å²) in [7, 11) is 1.47. The molecular formula is C16H32N2O2. The monoisotopic (exact) mass is 284 g/mol. The van der Waals surface area contributed by atoms with Crippen molar-refractivity contribution < 1.29 is 9.53 Å². The minimum Gasteiger partial charge on any atom is -0.468 e. The van der Waals surface area contributed by atoms with Crippen molar-refractivity contribution in [1.29, 1.82) is 0 Å². The average Bonchev–Trinajstić information content (AvgIpc) is 2.46. The Kier molecular flexibility index (Phi) is 7.52. The molecule has 1 heterocycles. The lowest BCUT2D eigenvalue weighted by molar-refractivity contribution is -0.148. The summed E-state index contributed by atoms with van der Waals surface area (Å²) < 4.78 is 4.96. The Morgan fingerprint density at radius 3 is 2.80 bits per heavy atom. The summed E-state index contributed by atoms with van der Waals surface area (Å²) in [6, 6.07) is 0.691. The Bertz CT molecular complexity index is 296. The van der Waals surface area contributed by atoms with Crippen molar-refractivity contribution in [3.63, 3.8) is 0 Å². The largest absolute Gasteiger partial charge is 0.468 e. The summed E-state index contributed by atoms with van der Waals surface area (Å²) in [6.45, 7) is 9.54. The summed E-state index contributed by atoms with van der Waals surface area (Å²) in [4.78, 5) is 14.5. The molecule has 2 unspecified atom stereocenters. The molecule has 1 rings (SSSR count). The Morgan fingerprint density at radius 2 is 2.20 bits per heavy atom. The van der Waals surface area contributed by atoms with E-state index in [1.54, 1.807) is 0 Å². The predicted octanol–water partition coefficient (Wildman–Crippen LogP) is 2.57. The average molecular weight is 284 g/mol. The number of hydrogen-bond acceptors (Lipinski definition) is 4. The van der Waals surface area contributed by atoms with E-state index in [1.165, 1.54) is 32.9 Å². The molecule has 20 heavy (non-hydrogen) atoms. The van der Waals surface area contributed by atoms with Gasteiger partial charge in [-0.2, -0.15) is 0 Å². The van der Waals surface area contributed by atoms with Gasteiger partial charge in [0.05, 0.1) is 7.11 Å². The van der Waals surface area contributed by atoms with E-state index in [1.807, 2.05) is 6.92 Å². The van der Waals surface area contributed by atoms with Crippen LogP contribution in [0.2, 0.25) is 0 Å². The van der Waals surface area contributed by atoms with Crippen LogP contribution in [0.25, 0.3) is 0 Å². The lowest BCUT2D eigenvalue weighted by atomic mass is 9.94. The van der Waals surface area contributed by atoms with Gasteiger partial charge in [-0.1, -0.05) is 13.3 Å². The van der Waals surface area contributed by atoms with Gasteiger partial charge in [-0.15, -0.1) is 0 Å². The van der Waals surface area contributed by atoms with Crippen molar-refractivity contribution >= 4 is 5.97 Å². The van der Waals surface area contributed by atoms with Crippen molar-refractivity contribution in [2.24, 2.45) is 0 Å². The number of carbonyl (C=O) groups is 1. The maximum absolute atomic E-state index is 12.0. The van der Waals surface area contributed by atoms with E-state index >= 15 is 0 Å². The van der Waals surface area contributed by atoms with Gasteiger partial charge in [-0.25, -0.2) is 0 Å². The molecule has 0 amide bonds. The van der Waals surface area contributed by atoms with E-state index in [-0.39, 0.29) is 5.97 Å². The summed E-state index contributed by atoms with van der Waals surface area (Å²) in [6.07, 6.45) is 6.87. The zero-order valence-corrected chi connectivity index (χ0v) is 13.7. The van der Waals surface area contributed by atoms with Gasteiger partial charge in [-0.05, 0) is 65.6 Å². The van der Waals surface area contributed by atoms with E-state index < -0.39 is 5.54 Å². The Labute approximate surface area is 124 Å². The number of rotatable bonds is 8. The summed E-state index contributed by atoms with van der Waals surface area (Å²) in [5.41, 5.74) is -0.538. The van der Waals surface area contributed by atoms with Crippen LogP contribution in [0, 0.1) is 0 Å². The third kappa shape index (κ3) is 5.06. The highest BCUT2D eigenvalue weighted by Crippen LogP contribution is 2.19. The normalized spacial score (nSPS) is 23.3. The highest BCUT2D eigenvalue weighted by molar-refractivity contribution is 5.80. The minimum absolute atomic E-state index is 0.141. The molecule has 4 nitrogen and oxygen atoms in total. The highest BCUT2D eigenvalue weighted by atomic mass is 16.5. The molecule has 0 aliphatic carbocycles. The molecule has 0 aromatic rings. The molecule has 118 valence electrons. The smallest absolute Gasteiger partial charge is 0.325 e. The zero-order chi connectivity index (χ0) is 15.0. The van der Waals surface area contributed by atoms with Crippen LogP contribution >= 0.6 is 0 Å². The van der Waals surface area contributed by atoms with Gasteiger partial charge in [0.2, 0.25) is 0 Å². The molecule has 1 N–H and O–H groups in total. The standard InChI is InChI=1S/C16H32N2O2/c1-5-11-17-16(3,15(19)20-4)10-8-13-18-12-7-6-9-14(18)2/h14,17H,5-13H2,1-4H3. The number of esters is 1. The fourth-order valence-electron chi connectivity index (χ4n) is 3.01. The summed E-state index contributed by atoms with van der Waals surface area (Å²) in [5.74, 6) is -0.141. The van der Waals surface area contributed by atoms with Gasteiger partial charge < -0.3 is 15.0 Å².